The van der Waals surface area contributed by atoms with E-state index < -0.39 is 95.8 Å². The van der Waals surface area contributed by atoms with Gasteiger partial charge >= 0.3 is 0 Å². The molecule has 50 heavy (non-hydrogen) atoms. The number of nitrogens with two attached hydrogens (primary N) is 1. The van der Waals surface area contributed by atoms with E-state index in [0.717, 1.165) is 0 Å². The molecule has 1 fully saturated rings. The molecule has 0 aromatic heterocycles. The van der Waals surface area contributed by atoms with Gasteiger partial charge in [-0.15, -0.1) is 0 Å². The van der Waals surface area contributed by atoms with E-state index in [9.17, 15) is 39.9 Å². The summed E-state index contributed by atoms with van der Waals surface area (Å²) in [5, 5.41) is 60.7. The summed E-state index contributed by atoms with van der Waals surface area (Å²) in [5.74, 6) is -3.66. The van der Waals surface area contributed by atoms with E-state index in [0.29, 0.717) is 0 Å². The smallest absolute Gasteiger partial charge is 0.271 e. The van der Waals surface area contributed by atoms with Gasteiger partial charge in [0.15, 0.2) is 12.1 Å². The van der Waals surface area contributed by atoms with E-state index in [1.54, 1.807) is 6.92 Å². The largest absolute Gasteiger partial charge is 0.507 e. The molecule has 3 aliphatic rings. The first-order chi connectivity index (χ1) is 23.7. The Hall–Kier alpha value is -4.12. The minimum Gasteiger partial charge on any atom is -0.507 e. The van der Waals surface area contributed by atoms with Crippen molar-refractivity contribution in [2.45, 2.75) is 62.4 Å². The summed E-state index contributed by atoms with van der Waals surface area (Å²) in [6.45, 7) is 0.684. The molecule has 264 valence electrons. The number of nitrogens with one attached hydrogen (secondary N) is 1. The van der Waals surface area contributed by atoms with Gasteiger partial charge in [-0.05, 0) is 31.2 Å². The number of hydrazone groups is 1. The highest BCUT2D eigenvalue weighted by molar-refractivity contribution is 6.42. The van der Waals surface area contributed by atoms with E-state index in [-0.39, 0.29) is 55.7 Å². The molecule has 16 heteroatoms. The molecular formula is C34H33Cl2N3O11. The first-order valence-electron chi connectivity index (χ1n) is 15.5. The fourth-order valence-electron chi connectivity index (χ4n) is 6.72. The predicted molar refractivity (Wildman–Crippen MR) is 178 cm³/mol. The molecule has 0 unspecified atom stereocenters. The zero-order valence-corrected chi connectivity index (χ0v) is 28.2. The van der Waals surface area contributed by atoms with Crippen LogP contribution in [0, 0.1) is 0 Å². The standard InChI is InChI=1S/C34H33Cl2N3O11/c1-13-28(41)19(37)9-23(49-13)50-21-11-34(47,22(12-40)38-39-33(46)14-6-7-17(35)18(36)8-14)10-16-25(21)32(45)27-26(30(16)43)29(42)15-4-3-5-20(48-2)24(15)31(27)44/h3-8,13,19,21,23,28,40-41,43,45,47H,9-12,37H2,1-2H3,(H,39,46)/b38-22+/t13-,19-,21-,23+,28+,34+/m1/s1. The number of carbonyl (C=O) groups is 3. The molecule has 0 bridgehead atoms. The van der Waals surface area contributed by atoms with Gasteiger partial charge < -0.3 is 45.5 Å². The Balaban J connectivity index is 1.46. The molecule has 0 saturated carbocycles. The third-order valence-electron chi connectivity index (χ3n) is 9.30. The fraction of sp³-hybridized carbons (Fsp3) is 0.353. The molecule has 0 radical (unpaired) electrons. The van der Waals surface area contributed by atoms with E-state index >= 15 is 0 Å². The highest BCUT2D eigenvalue weighted by atomic mass is 35.5. The quantitative estimate of drug-likeness (QED) is 0.0827. The van der Waals surface area contributed by atoms with Crippen LogP contribution in [0.25, 0.3) is 0 Å². The molecule has 6 rings (SSSR count). The molecule has 3 aromatic carbocycles. The lowest BCUT2D eigenvalue weighted by Gasteiger charge is -2.43. The third kappa shape index (κ3) is 6.01. The van der Waals surface area contributed by atoms with Crippen LogP contribution in [-0.4, -0.2) is 92.6 Å². The second-order valence-corrected chi connectivity index (χ2v) is 13.2. The van der Waals surface area contributed by atoms with Gasteiger partial charge in [0.05, 0.1) is 64.5 Å². The lowest BCUT2D eigenvalue weighted by Crippen LogP contribution is -2.53. The average Bonchev–Trinajstić information content (AvgIpc) is 3.08. The van der Waals surface area contributed by atoms with Crippen molar-refractivity contribution in [1.29, 1.82) is 0 Å². The van der Waals surface area contributed by atoms with Crippen molar-refractivity contribution in [2.75, 3.05) is 13.7 Å². The highest BCUT2D eigenvalue weighted by Gasteiger charge is 2.49. The second-order valence-electron chi connectivity index (χ2n) is 12.4. The van der Waals surface area contributed by atoms with Crippen LogP contribution in [0.4, 0.5) is 0 Å². The van der Waals surface area contributed by atoms with Crippen molar-refractivity contribution in [3.63, 3.8) is 0 Å². The van der Waals surface area contributed by atoms with Crippen molar-refractivity contribution in [2.24, 2.45) is 10.8 Å². The summed E-state index contributed by atoms with van der Waals surface area (Å²) in [7, 11) is 1.32. The number of hydrogen-bond acceptors (Lipinski definition) is 13. The molecule has 1 aliphatic heterocycles. The summed E-state index contributed by atoms with van der Waals surface area (Å²) in [6, 6.07) is 7.66. The van der Waals surface area contributed by atoms with E-state index in [1.165, 1.54) is 43.5 Å². The number of benzene rings is 3. The molecule has 14 nitrogen and oxygen atoms in total. The summed E-state index contributed by atoms with van der Waals surface area (Å²) in [5.41, 5.74) is 4.41. The number of ether oxygens (including phenoxy) is 3. The number of nitrogens with zero attached hydrogens (tertiary/aromatic N) is 1. The van der Waals surface area contributed by atoms with Crippen molar-refractivity contribution < 1.29 is 54.1 Å². The summed E-state index contributed by atoms with van der Waals surface area (Å²) in [6.07, 6.45) is -5.31. The van der Waals surface area contributed by atoms with Crippen LogP contribution in [0.3, 0.4) is 0 Å². The van der Waals surface area contributed by atoms with Gasteiger partial charge in [-0.2, -0.15) is 5.10 Å². The number of aromatic hydroxyl groups is 2. The molecule has 0 spiro atoms. The number of phenols is 2. The first-order valence-corrected chi connectivity index (χ1v) is 16.2. The number of halogens is 2. The number of amides is 1. The summed E-state index contributed by atoms with van der Waals surface area (Å²) >= 11 is 12.0. The molecule has 3 aromatic rings. The van der Waals surface area contributed by atoms with Crippen LogP contribution in [0.5, 0.6) is 17.2 Å². The van der Waals surface area contributed by atoms with Crippen LogP contribution in [0.2, 0.25) is 10.0 Å². The van der Waals surface area contributed by atoms with Crippen molar-refractivity contribution in [3.05, 3.63) is 85.4 Å². The predicted octanol–water partition coefficient (Wildman–Crippen LogP) is 2.52. The van der Waals surface area contributed by atoms with Gasteiger partial charge in [0, 0.05) is 47.6 Å². The van der Waals surface area contributed by atoms with Crippen LogP contribution in [0.15, 0.2) is 41.5 Å². The number of phenolic OH excluding ortho intramolecular Hbond substituents is 2. The Morgan fingerprint density at radius 1 is 1.10 bits per heavy atom. The number of aliphatic hydroxyl groups is 3. The van der Waals surface area contributed by atoms with Gasteiger partial charge in [0.25, 0.3) is 5.91 Å². The number of hydrogen-bond donors (Lipinski definition) is 7. The molecule has 1 heterocycles. The van der Waals surface area contributed by atoms with Crippen LogP contribution >= 0.6 is 23.2 Å². The van der Waals surface area contributed by atoms with Crippen LogP contribution in [-0.2, 0) is 15.9 Å². The number of fused-ring (bicyclic) bond motifs is 3. The Bertz CT molecular complexity index is 1940. The minimum absolute atomic E-state index is 0.0178. The third-order valence-corrected chi connectivity index (χ3v) is 10.0. The SMILES string of the molecule is COc1cccc2c1C(=O)c1c(O)c3c(c(O)c1C2=O)C[C@@](O)(/C(CO)=N/NC(=O)c1ccc(Cl)c(Cl)c1)C[C@H]3O[C@H]1C[C@@H](N)[C@@H](O)[C@@H](C)O1. The first kappa shape index (κ1) is 35.7. The lowest BCUT2D eigenvalue weighted by atomic mass is 9.71. The second kappa shape index (κ2) is 13.5. The summed E-state index contributed by atoms with van der Waals surface area (Å²) < 4.78 is 17.4. The highest BCUT2D eigenvalue weighted by Crippen LogP contribution is 2.52. The van der Waals surface area contributed by atoms with Crippen molar-refractivity contribution >= 4 is 46.4 Å². The Labute approximate surface area is 295 Å². The zero-order valence-electron chi connectivity index (χ0n) is 26.6. The van der Waals surface area contributed by atoms with Crippen molar-refractivity contribution in [3.8, 4) is 17.2 Å². The van der Waals surface area contributed by atoms with E-state index in [4.69, 9.17) is 43.1 Å². The molecule has 6 atom stereocenters. The van der Waals surface area contributed by atoms with Crippen molar-refractivity contribution in [1.82, 2.24) is 5.43 Å². The number of aliphatic hydroxyl groups excluding tert-OH is 2. The monoisotopic (exact) mass is 729 g/mol. The molecular weight excluding hydrogens is 697 g/mol. The number of methoxy groups -OCH3 is 1. The van der Waals surface area contributed by atoms with E-state index in [1.807, 2.05) is 0 Å². The van der Waals surface area contributed by atoms with Gasteiger partial charge in [0.2, 0.25) is 5.78 Å². The van der Waals surface area contributed by atoms with Gasteiger partial charge in [-0.3, -0.25) is 14.4 Å². The number of ketones is 2. The van der Waals surface area contributed by atoms with Gasteiger partial charge in [-0.25, -0.2) is 5.43 Å². The van der Waals surface area contributed by atoms with E-state index in [2.05, 4.69) is 10.5 Å². The maximum Gasteiger partial charge on any atom is 0.271 e. The molecule has 8 N–H and O–H groups in total. The maximum absolute atomic E-state index is 13.9. The Kier molecular flexibility index (Phi) is 9.67. The fourth-order valence-corrected chi connectivity index (χ4v) is 7.02. The normalized spacial score (nSPS) is 26.2. The average molecular weight is 731 g/mol. The maximum atomic E-state index is 13.9. The molecule has 1 saturated heterocycles. The lowest BCUT2D eigenvalue weighted by molar-refractivity contribution is -0.245. The van der Waals surface area contributed by atoms with Gasteiger partial charge in [0.1, 0.15) is 22.8 Å². The molecule has 1 amide bonds. The van der Waals surface area contributed by atoms with Crippen LogP contribution in [0.1, 0.15) is 79.2 Å². The Morgan fingerprint density at radius 2 is 1.82 bits per heavy atom. The summed E-state index contributed by atoms with van der Waals surface area (Å²) in [4.78, 5) is 40.7. The van der Waals surface area contributed by atoms with Crippen LogP contribution < -0.4 is 15.9 Å². The molecule has 2 aliphatic carbocycles. The Morgan fingerprint density at radius 3 is 2.48 bits per heavy atom. The minimum atomic E-state index is -2.18. The van der Waals surface area contributed by atoms with Gasteiger partial charge in [-0.1, -0.05) is 35.3 Å². The zero-order chi connectivity index (χ0) is 36.2. The number of carbonyl (C=O) groups excluding carboxylic acids is 3. The number of rotatable bonds is 7. The topological polar surface area (TPSA) is 230 Å².